The maximum absolute atomic E-state index is 13.6. The van der Waals surface area contributed by atoms with Gasteiger partial charge in [-0.25, -0.2) is 0 Å². The molecule has 1 aliphatic carbocycles. The van der Waals surface area contributed by atoms with Crippen LogP contribution in [0.5, 0.6) is 0 Å². The molecule has 0 radical (unpaired) electrons. The second-order valence-corrected chi connectivity index (χ2v) is 11.1. The van der Waals surface area contributed by atoms with E-state index in [1.807, 2.05) is 30.3 Å². The molecule has 1 heterocycles. The van der Waals surface area contributed by atoms with E-state index in [9.17, 15) is 29.1 Å². The average molecular weight is 602 g/mol. The quantitative estimate of drug-likeness (QED) is 0.129. The van der Waals surface area contributed by atoms with Crippen molar-refractivity contribution in [3.05, 3.63) is 58.3 Å². The van der Waals surface area contributed by atoms with E-state index in [0.29, 0.717) is 6.42 Å². The topological polar surface area (TPSA) is 160 Å². The van der Waals surface area contributed by atoms with Gasteiger partial charge >= 0.3 is 5.97 Å². The van der Waals surface area contributed by atoms with Crippen LogP contribution in [-0.2, 0) is 35.3 Å². The van der Waals surface area contributed by atoms with Gasteiger partial charge in [-0.1, -0.05) is 68.5 Å². The normalized spacial score (nSPS) is 15.6. The van der Waals surface area contributed by atoms with Gasteiger partial charge in [-0.2, -0.15) is 0 Å². The lowest BCUT2D eigenvalue weighted by Crippen LogP contribution is -2.58. The molecule has 0 aliphatic heterocycles. The summed E-state index contributed by atoms with van der Waals surface area (Å²) in [7, 11) is 0. The molecular weight excluding hydrogens is 562 g/mol. The maximum atomic E-state index is 13.6. The molecule has 3 amide bonds. The number of hydrogen-bond acceptors (Lipinski definition) is 9. The fourth-order valence-corrected chi connectivity index (χ4v) is 5.42. The van der Waals surface area contributed by atoms with Gasteiger partial charge in [0.15, 0.2) is 6.10 Å². The number of carbonyl (C=O) groups is 5. The molecule has 3 atom stereocenters. The molecule has 1 unspecified atom stereocenters. The lowest BCUT2D eigenvalue weighted by molar-refractivity contribution is -0.145. The summed E-state index contributed by atoms with van der Waals surface area (Å²) in [5.41, 5.74) is 0.846. The monoisotopic (exact) mass is 601 g/mol. The van der Waals surface area contributed by atoms with Gasteiger partial charge in [0.1, 0.15) is 12.6 Å². The molecular formula is C30H39N3O8S. The molecule has 4 N–H and O–H groups in total. The third-order valence-corrected chi connectivity index (χ3v) is 7.83. The van der Waals surface area contributed by atoms with E-state index in [1.165, 1.54) is 6.07 Å². The van der Waals surface area contributed by atoms with Gasteiger partial charge in [0.2, 0.25) is 5.91 Å². The second kappa shape index (κ2) is 17.4. The number of aliphatic hydroxyl groups is 1. The number of benzene rings is 1. The second-order valence-electron chi connectivity index (χ2n) is 10.2. The van der Waals surface area contributed by atoms with Crippen LogP contribution < -0.4 is 16.0 Å². The van der Waals surface area contributed by atoms with E-state index in [0.717, 1.165) is 49.0 Å². The zero-order valence-electron chi connectivity index (χ0n) is 23.7. The van der Waals surface area contributed by atoms with E-state index in [1.54, 1.807) is 18.4 Å². The van der Waals surface area contributed by atoms with Crippen LogP contribution in [0, 0.1) is 5.92 Å². The molecule has 12 heteroatoms. The van der Waals surface area contributed by atoms with Crippen molar-refractivity contribution in [2.45, 2.75) is 70.2 Å². The lowest BCUT2D eigenvalue weighted by Gasteiger charge is -2.29. The minimum Gasteiger partial charge on any atom is -0.465 e. The van der Waals surface area contributed by atoms with Crippen molar-refractivity contribution < 1.29 is 38.6 Å². The molecule has 0 bridgehead atoms. The average Bonchev–Trinajstić information content (AvgIpc) is 3.54. The zero-order valence-corrected chi connectivity index (χ0v) is 24.5. The van der Waals surface area contributed by atoms with E-state index in [-0.39, 0.29) is 30.6 Å². The highest BCUT2D eigenvalue weighted by Gasteiger charge is 2.33. The Morgan fingerprint density at radius 2 is 1.71 bits per heavy atom. The van der Waals surface area contributed by atoms with Gasteiger partial charge in [-0.3, -0.25) is 24.0 Å². The lowest BCUT2D eigenvalue weighted by atomic mass is 9.84. The summed E-state index contributed by atoms with van der Waals surface area (Å²) >= 11 is 1.13. The summed E-state index contributed by atoms with van der Waals surface area (Å²) in [6.07, 6.45) is 3.43. The molecule has 1 aliphatic rings. The van der Waals surface area contributed by atoms with Crippen molar-refractivity contribution in [2.24, 2.45) is 5.92 Å². The minimum absolute atomic E-state index is 0.131. The van der Waals surface area contributed by atoms with Crippen LogP contribution in [0.15, 0.2) is 47.8 Å². The molecule has 2 aromatic rings. The number of nitrogens with one attached hydrogen (secondary N) is 3. The molecule has 11 nitrogen and oxygen atoms in total. The Bertz CT molecular complexity index is 1170. The Balaban J connectivity index is 1.73. The van der Waals surface area contributed by atoms with E-state index >= 15 is 0 Å². The first-order chi connectivity index (χ1) is 20.3. The predicted molar refractivity (Wildman–Crippen MR) is 155 cm³/mol. The number of carbonyl (C=O) groups excluding carboxylic acids is 5. The molecule has 3 rings (SSSR count). The van der Waals surface area contributed by atoms with Crippen LogP contribution >= 0.6 is 11.3 Å². The Kier molecular flexibility index (Phi) is 13.6. The molecule has 0 saturated heterocycles. The Labute approximate surface area is 249 Å². The molecule has 1 aromatic carbocycles. The van der Waals surface area contributed by atoms with Gasteiger partial charge in [-0.05, 0) is 36.3 Å². The van der Waals surface area contributed by atoms with Gasteiger partial charge in [0.25, 0.3) is 17.6 Å². The summed E-state index contributed by atoms with van der Waals surface area (Å²) in [6.45, 7) is 1.21. The minimum atomic E-state index is -1.78. The van der Waals surface area contributed by atoms with Gasteiger partial charge in [-0.15, -0.1) is 11.3 Å². The number of amides is 3. The van der Waals surface area contributed by atoms with Crippen molar-refractivity contribution in [2.75, 3.05) is 19.8 Å². The number of thiophene rings is 1. The van der Waals surface area contributed by atoms with Crippen LogP contribution in [0.4, 0.5) is 0 Å². The zero-order chi connectivity index (χ0) is 30.3. The number of esters is 1. The fourth-order valence-electron chi connectivity index (χ4n) is 4.76. The predicted octanol–water partition coefficient (Wildman–Crippen LogP) is 2.13. The van der Waals surface area contributed by atoms with Crippen molar-refractivity contribution in [3.63, 3.8) is 0 Å². The number of ether oxygens (including phenoxy) is 2. The van der Waals surface area contributed by atoms with E-state index < -0.39 is 54.2 Å². The van der Waals surface area contributed by atoms with E-state index in [2.05, 4.69) is 16.0 Å². The molecule has 228 valence electrons. The van der Waals surface area contributed by atoms with Crippen LogP contribution in [0.2, 0.25) is 0 Å². The Morgan fingerprint density at radius 1 is 0.976 bits per heavy atom. The van der Waals surface area contributed by atoms with Crippen LogP contribution in [-0.4, -0.2) is 72.5 Å². The maximum Gasteiger partial charge on any atom is 0.325 e. The Morgan fingerprint density at radius 3 is 2.38 bits per heavy atom. The number of hydrogen-bond donors (Lipinski definition) is 4. The van der Waals surface area contributed by atoms with Gasteiger partial charge < -0.3 is 30.5 Å². The number of rotatable bonds is 16. The van der Waals surface area contributed by atoms with Crippen molar-refractivity contribution in [1.82, 2.24) is 16.0 Å². The summed E-state index contributed by atoms with van der Waals surface area (Å²) in [5, 5.41) is 20.1. The standard InChI is InChI=1S/C30H39N3O8S/c1-2-41-25(34)17-31-29(38)26(35)23(19-40-18-21-12-7-4-8-13-21)33-28(37)22(16-20-10-5-3-6-11-20)32-30(39)27(36)24-14-9-15-42-24/h4,7-9,12-15,20,22-23,26,35H,2-3,5-6,10-11,16-19H2,1H3,(H,31,38)(H,32,39)(H,33,37)/t22-,23-,26?/m0/s1. The molecule has 1 saturated carbocycles. The first-order valence-corrected chi connectivity index (χ1v) is 15.1. The highest BCUT2D eigenvalue weighted by molar-refractivity contribution is 7.13. The first kappa shape index (κ1) is 32.9. The SMILES string of the molecule is CCOC(=O)CNC(=O)C(O)[C@H](COCc1ccccc1)NC(=O)[C@H](CC1CCCCC1)NC(=O)C(=O)c1cccs1. The number of aliphatic hydroxyl groups excluding tert-OH is 1. The van der Waals surface area contributed by atoms with Gasteiger partial charge in [0.05, 0.1) is 30.7 Å². The van der Waals surface area contributed by atoms with Crippen LogP contribution in [0.1, 0.15) is 60.7 Å². The third-order valence-electron chi connectivity index (χ3n) is 6.97. The highest BCUT2D eigenvalue weighted by atomic mass is 32.1. The molecule has 0 spiro atoms. The van der Waals surface area contributed by atoms with Crippen LogP contribution in [0.25, 0.3) is 0 Å². The molecule has 42 heavy (non-hydrogen) atoms. The third kappa shape index (κ3) is 10.7. The summed E-state index contributed by atoms with van der Waals surface area (Å²) in [5.74, 6) is -3.72. The first-order valence-electron chi connectivity index (χ1n) is 14.2. The molecule has 1 aromatic heterocycles. The number of ketones is 1. The van der Waals surface area contributed by atoms with Crippen molar-refractivity contribution >= 4 is 40.8 Å². The van der Waals surface area contributed by atoms with Gasteiger partial charge in [0, 0.05) is 0 Å². The largest absolute Gasteiger partial charge is 0.465 e. The fraction of sp³-hybridized carbons (Fsp3) is 0.500. The van der Waals surface area contributed by atoms with Crippen LogP contribution in [0.3, 0.4) is 0 Å². The summed E-state index contributed by atoms with van der Waals surface area (Å²) in [6, 6.07) is 10.1. The van der Waals surface area contributed by atoms with Crippen molar-refractivity contribution in [1.29, 1.82) is 0 Å². The number of Topliss-reactive ketones (excluding diaryl/α,β-unsaturated/α-hetero) is 1. The highest BCUT2D eigenvalue weighted by Crippen LogP contribution is 2.27. The van der Waals surface area contributed by atoms with E-state index in [4.69, 9.17) is 9.47 Å². The summed E-state index contributed by atoms with van der Waals surface area (Å²) < 4.78 is 10.5. The summed E-state index contributed by atoms with van der Waals surface area (Å²) in [4.78, 5) is 63.7. The molecule has 1 fully saturated rings. The Hall–Kier alpha value is -3.61. The van der Waals surface area contributed by atoms with Crippen molar-refractivity contribution in [3.8, 4) is 0 Å². The smallest absolute Gasteiger partial charge is 0.325 e.